The van der Waals surface area contributed by atoms with Crippen molar-refractivity contribution in [3.63, 3.8) is 0 Å². The molecule has 0 saturated carbocycles. The standard InChI is InChI=1S/C22H35N3O5S/c1-21(2)14-17(15-22(3,4)24-21)23-20(26)13-16-6-7-18(29-5)19(12-16)31(27,28)25-8-10-30-11-9-25/h6-7,12,17,24H,8-11,13-15H2,1-5H3,(H,23,26). The quantitative estimate of drug-likeness (QED) is 0.680. The topological polar surface area (TPSA) is 97.0 Å². The number of amides is 1. The molecule has 2 saturated heterocycles. The molecule has 0 atom stereocenters. The van der Waals surface area contributed by atoms with E-state index in [0.29, 0.717) is 31.9 Å². The highest BCUT2D eigenvalue weighted by Gasteiger charge is 2.38. The molecule has 2 aliphatic rings. The molecule has 0 spiro atoms. The molecule has 2 fully saturated rings. The molecule has 2 heterocycles. The summed E-state index contributed by atoms with van der Waals surface area (Å²) in [5, 5.41) is 6.75. The van der Waals surface area contributed by atoms with Crippen LogP contribution in [0.15, 0.2) is 23.1 Å². The van der Waals surface area contributed by atoms with Gasteiger partial charge in [-0.25, -0.2) is 8.42 Å². The highest BCUT2D eigenvalue weighted by atomic mass is 32.2. The van der Waals surface area contributed by atoms with Crippen molar-refractivity contribution in [3.05, 3.63) is 23.8 Å². The first-order valence-corrected chi connectivity index (χ1v) is 12.2. The SMILES string of the molecule is COc1ccc(CC(=O)NC2CC(C)(C)NC(C)(C)C2)cc1S(=O)(=O)N1CCOCC1. The number of sulfonamides is 1. The monoisotopic (exact) mass is 453 g/mol. The maximum atomic E-state index is 13.1. The fraction of sp³-hybridized carbons (Fsp3) is 0.682. The second kappa shape index (κ2) is 9.05. The summed E-state index contributed by atoms with van der Waals surface area (Å²) in [5.41, 5.74) is 0.496. The van der Waals surface area contributed by atoms with Crippen LogP contribution in [0.5, 0.6) is 5.75 Å². The molecule has 8 nitrogen and oxygen atoms in total. The maximum Gasteiger partial charge on any atom is 0.246 e. The third kappa shape index (κ3) is 5.97. The van der Waals surface area contributed by atoms with E-state index in [4.69, 9.17) is 9.47 Å². The van der Waals surface area contributed by atoms with Gasteiger partial charge in [0, 0.05) is 30.2 Å². The average Bonchev–Trinajstić information content (AvgIpc) is 2.66. The first-order chi connectivity index (χ1) is 14.4. The summed E-state index contributed by atoms with van der Waals surface area (Å²) in [5.74, 6) is 0.163. The molecule has 9 heteroatoms. The van der Waals surface area contributed by atoms with Crippen molar-refractivity contribution < 1.29 is 22.7 Å². The molecule has 1 aromatic rings. The van der Waals surface area contributed by atoms with Crippen LogP contribution in [-0.2, 0) is 26.0 Å². The van der Waals surface area contributed by atoms with Gasteiger partial charge in [0.1, 0.15) is 10.6 Å². The van der Waals surface area contributed by atoms with Crippen molar-refractivity contribution in [2.24, 2.45) is 0 Å². The van der Waals surface area contributed by atoms with Gasteiger partial charge < -0.3 is 20.1 Å². The summed E-state index contributed by atoms with van der Waals surface area (Å²) >= 11 is 0. The Morgan fingerprint density at radius 1 is 1.19 bits per heavy atom. The summed E-state index contributed by atoms with van der Waals surface area (Å²) in [6.07, 6.45) is 1.78. The van der Waals surface area contributed by atoms with Crippen LogP contribution in [0, 0.1) is 0 Å². The number of rotatable bonds is 6. The Kier molecular flexibility index (Phi) is 7.00. The number of ether oxygens (including phenoxy) is 2. The number of piperidine rings is 1. The zero-order valence-electron chi connectivity index (χ0n) is 19.2. The Morgan fingerprint density at radius 2 is 1.81 bits per heavy atom. The number of carbonyl (C=O) groups is 1. The van der Waals surface area contributed by atoms with E-state index in [1.165, 1.54) is 11.4 Å². The summed E-state index contributed by atoms with van der Waals surface area (Å²) in [6.45, 7) is 9.89. The van der Waals surface area contributed by atoms with Crippen molar-refractivity contribution >= 4 is 15.9 Å². The largest absolute Gasteiger partial charge is 0.495 e. The van der Waals surface area contributed by atoms with E-state index in [-0.39, 0.29) is 40.1 Å². The number of hydrogen-bond acceptors (Lipinski definition) is 6. The lowest BCUT2D eigenvalue weighted by molar-refractivity contribution is -0.121. The van der Waals surface area contributed by atoms with Gasteiger partial charge in [-0.3, -0.25) is 4.79 Å². The highest BCUT2D eigenvalue weighted by Crippen LogP contribution is 2.30. The van der Waals surface area contributed by atoms with Gasteiger partial charge in [-0.15, -0.1) is 0 Å². The Hall–Kier alpha value is -1.68. The van der Waals surface area contributed by atoms with Gasteiger partial charge in [0.2, 0.25) is 15.9 Å². The van der Waals surface area contributed by atoms with Crippen molar-refractivity contribution in [1.29, 1.82) is 0 Å². The fourth-order valence-corrected chi connectivity index (χ4v) is 6.46. The summed E-state index contributed by atoms with van der Waals surface area (Å²) in [6, 6.07) is 4.98. The number of nitrogens with one attached hydrogen (secondary N) is 2. The van der Waals surface area contributed by atoms with Gasteiger partial charge >= 0.3 is 0 Å². The van der Waals surface area contributed by atoms with Gasteiger partial charge in [-0.1, -0.05) is 6.07 Å². The molecule has 174 valence electrons. The predicted molar refractivity (Wildman–Crippen MR) is 119 cm³/mol. The number of nitrogens with zero attached hydrogens (tertiary/aromatic N) is 1. The second-order valence-electron chi connectivity index (χ2n) is 9.74. The van der Waals surface area contributed by atoms with Crippen LogP contribution in [0.3, 0.4) is 0 Å². The van der Waals surface area contributed by atoms with Crippen LogP contribution in [-0.4, -0.2) is 69.2 Å². The van der Waals surface area contributed by atoms with Crippen LogP contribution in [0.2, 0.25) is 0 Å². The van der Waals surface area contributed by atoms with E-state index in [2.05, 4.69) is 38.3 Å². The molecule has 2 aliphatic heterocycles. The van der Waals surface area contributed by atoms with Crippen molar-refractivity contribution in [3.8, 4) is 5.75 Å². The van der Waals surface area contributed by atoms with Crippen molar-refractivity contribution in [1.82, 2.24) is 14.9 Å². The summed E-state index contributed by atoms with van der Waals surface area (Å²) in [7, 11) is -2.29. The number of methoxy groups -OCH3 is 1. The molecular formula is C22H35N3O5S. The summed E-state index contributed by atoms with van der Waals surface area (Å²) < 4.78 is 38.3. The first-order valence-electron chi connectivity index (χ1n) is 10.8. The van der Waals surface area contributed by atoms with E-state index >= 15 is 0 Å². The van der Waals surface area contributed by atoms with E-state index in [1.807, 2.05) is 0 Å². The number of carbonyl (C=O) groups excluding carboxylic acids is 1. The Bertz CT molecular complexity index is 892. The minimum absolute atomic E-state index is 0.0635. The van der Waals surface area contributed by atoms with Crippen molar-refractivity contribution in [2.75, 3.05) is 33.4 Å². The van der Waals surface area contributed by atoms with Gasteiger partial charge in [0.25, 0.3) is 0 Å². The number of benzene rings is 1. The minimum atomic E-state index is -3.73. The van der Waals surface area contributed by atoms with E-state index in [0.717, 1.165) is 12.8 Å². The van der Waals surface area contributed by atoms with Crippen molar-refractivity contribution in [2.45, 2.75) is 69.0 Å². The molecule has 1 amide bonds. The maximum absolute atomic E-state index is 13.1. The van der Waals surface area contributed by atoms with E-state index < -0.39 is 10.0 Å². The van der Waals surface area contributed by atoms with E-state index in [9.17, 15) is 13.2 Å². The zero-order valence-corrected chi connectivity index (χ0v) is 20.0. The fourth-order valence-electron chi connectivity index (χ4n) is 4.85. The average molecular weight is 454 g/mol. The predicted octanol–water partition coefficient (Wildman–Crippen LogP) is 1.68. The van der Waals surface area contributed by atoms with Gasteiger partial charge in [0.05, 0.1) is 26.7 Å². The van der Waals surface area contributed by atoms with Crippen LogP contribution < -0.4 is 15.4 Å². The molecule has 31 heavy (non-hydrogen) atoms. The molecule has 2 N–H and O–H groups in total. The lowest BCUT2D eigenvalue weighted by Gasteiger charge is -2.46. The minimum Gasteiger partial charge on any atom is -0.495 e. The molecule has 0 aromatic heterocycles. The third-order valence-corrected chi connectivity index (χ3v) is 7.66. The molecular weight excluding hydrogens is 418 g/mol. The summed E-state index contributed by atoms with van der Waals surface area (Å²) in [4.78, 5) is 12.9. The lowest BCUT2D eigenvalue weighted by atomic mass is 9.79. The van der Waals surface area contributed by atoms with Gasteiger partial charge in [0.15, 0.2) is 0 Å². The molecule has 0 radical (unpaired) electrons. The smallest absolute Gasteiger partial charge is 0.246 e. The Balaban J connectivity index is 1.75. The normalized spacial score (nSPS) is 22.1. The molecule has 1 aromatic carbocycles. The Morgan fingerprint density at radius 3 is 2.39 bits per heavy atom. The van der Waals surface area contributed by atoms with Crippen LogP contribution in [0.1, 0.15) is 46.1 Å². The number of hydrogen-bond donors (Lipinski definition) is 2. The zero-order chi connectivity index (χ0) is 22.9. The lowest BCUT2D eigenvalue weighted by Crippen LogP contribution is -2.62. The molecule has 0 aliphatic carbocycles. The van der Waals surface area contributed by atoms with Gasteiger partial charge in [-0.2, -0.15) is 4.31 Å². The van der Waals surface area contributed by atoms with Gasteiger partial charge in [-0.05, 0) is 58.2 Å². The van der Waals surface area contributed by atoms with Crippen LogP contribution in [0.4, 0.5) is 0 Å². The first kappa shape index (κ1) is 24.0. The highest BCUT2D eigenvalue weighted by molar-refractivity contribution is 7.89. The molecule has 0 bridgehead atoms. The van der Waals surface area contributed by atoms with Crippen LogP contribution in [0.25, 0.3) is 0 Å². The second-order valence-corrected chi connectivity index (χ2v) is 11.7. The van der Waals surface area contributed by atoms with Crippen LogP contribution >= 0.6 is 0 Å². The molecule has 3 rings (SSSR count). The Labute approximate surface area is 185 Å². The third-order valence-electron chi connectivity index (χ3n) is 5.74. The van der Waals surface area contributed by atoms with E-state index in [1.54, 1.807) is 18.2 Å². The molecule has 0 unspecified atom stereocenters. The number of morpholine rings is 1.